The van der Waals surface area contributed by atoms with Gasteiger partial charge >= 0.3 is 0 Å². The molecule has 0 spiro atoms. The lowest BCUT2D eigenvalue weighted by atomic mass is 10.1. The Kier molecular flexibility index (Phi) is 6.42. The highest BCUT2D eigenvalue weighted by molar-refractivity contribution is 5.99. The Morgan fingerprint density at radius 2 is 1.90 bits per heavy atom. The summed E-state index contributed by atoms with van der Waals surface area (Å²) in [6, 6.07) is 15.4. The first kappa shape index (κ1) is 21.2. The summed E-state index contributed by atoms with van der Waals surface area (Å²) in [6.07, 6.45) is 1.13. The van der Waals surface area contributed by atoms with E-state index in [2.05, 4.69) is 5.32 Å². The predicted octanol–water partition coefficient (Wildman–Crippen LogP) is 3.05. The lowest BCUT2D eigenvalue weighted by Gasteiger charge is -2.29. The van der Waals surface area contributed by atoms with E-state index in [1.807, 2.05) is 55.4 Å². The minimum Gasteiger partial charge on any atom is -0.478 e. The van der Waals surface area contributed by atoms with Crippen LogP contribution in [0.2, 0.25) is 0 Å². The molecule has 2 heterocycles. The number of carbonyl (C=O) groups excluding carboxylic acids is 2. The molecule has 0 aromatic heterocycles. The number of nitrogens with one attached hydrogen (secondary N) is 1. The zero-order valence-corrected chi connectivity index (χ0v) is 18.0. The number of rotatable bonds is 7. The van der Waals surface area contributed by atoms with Crippen molar-refractivity contribution in [2.75, 3.05) is 37.5 Å². The van der Waals surface area contributed by atoms with Crippen LogP contribution < -0.4 is 15.0 Å². The molecule has 0 bridgehead atoms. The van der Waals surface area contributed by atoms with Crippen molar-refractivity contribution in [1.82, 2.24) is 4.90 Å². The number of fused-ring (bicyclic) bond motifs is 1. The SMILES string of the molecule is CN(C)c1ccc(CN(C[C@H]2CCCO2)C(=O)C[C@@H]2Oc3ccccc3NC2=O)cc1. The van der Waals surface area contributed by atoms with E-state index < -0.39 is 6.10 Å². The van der Waals surface area contributed by atoms with Crippen LogP contribution in [0, 0.1) is 0 Å². The second-order valence-electron chi connectivity index (χ2n) is 8.27. The lowest BCUT2D eigenvalue weighted by Crippen LogP contribution is -2.44. The Hall–Kier alpha value is -3.06. The third-order valence-electron chi connectivity index (χ3n) is 5.69. The first-order chi connectivity index (χ1) is 15.0. The van der Waals surface area contributed by atoms with E-state index in [1.165, 1.54) is 0 Å². The van der Waals surface area contributed by atoms with Crippen LogP contribution >= 0.6 is 0 Å². The quantitative estimate of drug-likeness (QED) is 0.741. The molecule has 164 valence electrons. The Morgan fingerprint density at radius 3 is 2.61 bits per heavy atom. The zero-order chi connectivity index (χ0) is 21.8. The standard InChI is InChI=1S/C24H29N3O4/c1-26(2)18-11-9-17(10-12-18)15-27(16-19-6-5-13-30-19)23(28)14-22-24(29)25-20-7-3-4-8-21(20)31-22/h3-4,7-12,19,22H,5-6,13-16H2,1-2H3,(H,25,29)/t19-,22+/m1/s1. The van der Waals surface area contributed by atoms with Crippen LogP contribution in [0.5, 0.6) is 5.75 Å². The monoisotopic (exact) mass is 423 g/mol. The third kappa shape index (κ3) is 5.17. The molecule has 2 aromatic carbocycles. The van der Waals surface area contributed by atoms with Gasteiger partial charge in [-0.25, -0.2) is 0 Å². The predicted molar refractivity (Wildman–Crippen MR) is 119 cm³/mol. The van der Waals surface area contributed by atoms with Crippen LogP contribution in [-0.2, 0) is 20.9 Å². The molecule has 1 saturated heterocycles. The van der Waals surface area contributed by atoms with Crippen LogP contribution in [0.15, 0.2) is 48.5 Å². The Morgan fingerprint density at radius 1 is 1.13 bits per heavy atom. The Labute approximate surface area is 182 Å². The van der Waals surface area contributed by atoms with E-state index >= 15 is 0 Å². The van der Waals surface area contributed by atoms with Crippen LogP contribution in [0.4, 0.5) is 11.4 Å². The van der Waals surface area contributed by atoms with Gasteiger partial charge in [-0.05, 0) is 42.7 Å². The highest BCUT2D eigenvalue weighted by Crippen LogP contribution is 2.30. The van der Waals surface area contributed by atoms with Gasteiger partial charge in [0.25, 0.3) is 5.91 Å². The van der Waals surface area contributed by atoms with E-state index in [-0.39, 0.29) is 24.3 Å². The minimum absolute atomic E-state index is 0.0112. The van der Waals surface area contributed by atoms with Gasteiger partial charge in [0.15, 0.2) is 6.10 Å². The molecule has 31 heavy (non-hydrogen) atoms. The highest BCUT2D eigenvalue weighted by Gasteiger charge is 2.32. The smallest absolute Gasteiger partial charge is 0.266 e. The maximum atomic E-state index is 13.2. The summed E-state index contributed by atoms with van der Waals surface area (Å²) in [4.78, 5) is 29.5. The molecule has 2 aliphatic rings. The van der Waals surface area contributed by atoms with Crippen molar-refractivity contribution in [1.29, 1.82) is 0 Å². The fourth-order valence-electron chi connectivity index (χ4n) is 3.92. The van der Waals surface area contributed by atoms with Crippen molar-refractivity contribution in [3.63, 3.8) is 0 Å². The number of hydrogen-bond acceptors (Lipinski definition) is 5. The summed E-state index contributed by atoms with van der Waals surface area (Å²) in [5.41, 5.74) is 2.77. The molecule has 1 N–H and O–H groups in total. The molecule has 4 rings (SSSR count). The molecular weight excluding hydrogens is 394 g/mol. The summed E-state index contributed by atoms with van der Waals surface area (Å²) in [5.74, 6) is 0.177. The van der Waals surface area contributed by atoms with E-state index in [9.17, 15) is 9.59 Å². The van der Waals surface area contributed by atoms with Crippen molar-refractivity contribution in [2.24, 2.45) is 0 Å². The molecule has 7 nitrogen and oxygen atoms in total. The van der Waals surface area contributed by atoms with Crippen molar-refractivity contribution < 1.29 is 19.1 Å². The second-order valence-corrected chi connectivity index (χ2v) is 8.27. The van der Waals surface area contributed by atoms with Crippen LogP contribution in [0.1, 0.15) is 24.8 Å². The van der Waals surface area contributed by atoms with Crippen molar-refractivity contribution >= 4 is 23.2 Å². The topological polar surface area (TPSA) is 71.1 Å². The van der Waals surface area contributed by atoms with Gasteiger partial charge in [0.1, 0.15) is 5.75 Å². The van der Waals surface area contributed by atoms with E-state index in [0.717, 1.165) is 30.7 Å². The fraction of sp³-hybridized carbons (Fsp3) is 0.417. The van der Waals surface area contributed by atoms with Crippen LogP contribution in [0.3, 0.4) is 0 Å². The summed E-state index contributed by atoms with van der Waals surface area (Å²) < 4.78 is 11.6. The van der Waals surface area contributed by atoms with Gasteiger partial charge in [-0.3, -0.25) is 9.59 Å². The molecule has 0 unspecified atom stereocenters. The zero-order valence-electron chi connectivity index (χ0n) is 18.0. The van der Waals surface area contributed by atoms with E-state index in [0.29, 0.717) is 24.5 Å². The summed E-state index contributed by atoms with van der Waals surface area (Å²) in [6.45, 7) is 1.71. The van der Waals surface area contributed by atoms with Crippen LogP contribution in [0.25, 0.3) is 0 Å². The Bertz CT molecular complexity index is 923. The molecule has 2 amide bonds. The molecule has 2 aromatic rings. The van der Waals surface area contributed by atoms with Gasteiger partial charge in [0.2, 0.25) is 5.91 Å². The normalized spacial score (nSPS) is 19.9. The van der Waals surface area contributed by atoms with Crippen LogP contribution in [-0.4, -0.2) is 56.2 Å². The van der Waals surface area contributed by atoms with Gasteiger partial charge in [0, 0.05) is 39.5 Å². The van der Waals surface area contributed by atoms with Gasteiger partial charge in [-0.15, -0.1) is 0 Å². The maximum Gasteiger partial charge on any atom is 0.266 e. The number of anilines is 2. The Balaban J connectivity index is 1.46. The molecule has 2 atom stereocenters. The van der Waals surface area contributed by atoms with E-state index in [4.69, 9.17) is 9.47 Å². The minimum atomic E-state index is -0.842. The first-order valence-electron chi connectivity index (χ1n) is 10.7. The number of ether oxygens (including phenoxy) is 2. The van der Waals surface area contributed by atoms with Gasteiger partial charge in [-0.2, -0.15) is 0 Å². The fourth-order valence-corrected chi connectivity index (χ4v) is 3.92. The summed E-state index contributed by atoms with van der Waals surface area (Å²) in [5, 5.41) is 2.83. The first-order valence-corrected chi connectivity index (χ1v) is 10.7. The van der Waals surface area contributed by atoms with Gasteiger partial charge in [0.05, 0.1) is 18.2 Å². The average Bonchev–Trinajstić information content (AvgIpc) is 3.27. The molecule has 2 aliphatic heterocycles. The second kappa shape index (κ2) is 9.39. The number of para-hydroxylation sites is 2. The summed E-state index contributed by atoms with van der Waals surface area (Å²) >= 11 is 0. The summed E-state index contributed by atoms with van der Waals surface area (Å²) in [7, 11) is 3.99. The van der Waals surface area contributed by atoms with Crippen molar-refractivity contribution in [2.45, 2.75) is 38.0 Å². The van der Waals surface area contributed by atoms with E-state index in [1.54, 1.807) is 17.0 Å². The number of carbonyl (C=O) groups is 2. The molecule has 1 fully saturated rings. The molecule has 0 saturated carbocycles. The average molecular weight is 424 g/mol. The molecule has 0 aliphatic carbocycles. The number of hydrogen-bond donors (Lipinski definition) is 1. The molecular formula is C24H29N3O4. The largest absolute Gasteiger partial charge is 0.478 e. The maximum absolute atomic E-state index is 13.2. The van der Waals surface area contributed by atoms with Gasteiger partial charge in [-0.1, -0.05) is 24.3 Å². The number of amides is 2. The van der Waals surface area contributed by atoms with Crippen molar-refractivity contribution in [3.05, 3.63) is 54.1 Å². The molecule has 7 heteroatoms. The molecule has 0 radical (unpaired) electrons. The van der Waals surface area contributed by atoms with Gasteiger partial charge < -0.3 is 24.6 Å². The number of nitrogens with zero attached hydrogens (tertiary/aromatic N) is 2. The third-order valence-corrected chi connectivity index (χ3v) is 5.69. The van der Waals surface area contributed by atoms with Crippen molar-refractivity contribution in [3.8, 4) is 5.75 Å². The highest BCUT2D eigenvalue weighted by atomic mass is 16.5. The lowest BCUT2D eigenvalue weighted by molar-refractivity contribution is -0.138. The number of benzene rings is 2.